The van der Waals surface area contributed by atoms with E-state index in [4.69, 9.17) is 14.0 Å². The minimum atomic E-state index is -5.12. The molecule has 0 aliphatic carbocycles. The lowest BCUT2D eigenvalue weighted by molar-refractivity contribution is -0.298. The lowest BCUT2D eigenvalue weighted by Crippen LogP contribution is -2.61. The van der Waals surface area contributed by atoms with Crippen molar-refractivity contribution in [1.29, 1.82) is 0 Å². The second-order valence-electron chi connectivity index (χ2n) is 16.1. The molecule has 346 valence electrons. The maximum atomic E-state index is 13.1. The maximum absolute atomic E-state index is 13.1. The molecule has 0 aromatic heterocycles. The van der Waals surface area contributed by atoms with Gasteiger partial charge in [0.25, 0.3) is 0 Å². The molecule has 0 aromatic rings. The summed E-state index contributed by atoms with van der Waals surface area (Å²) in [7, 11) is -5.12. The van der Waals surface area contributed by atoms with E-state index >= 15 is 0 Å². The Kier molecular flexibility index (Phi) is 33.6. The molecule has 1 aliphatic rings. The topological polar surface area (TPSA) is 212 Å². The van der Waals surface area contributed by atoms with Crippen molar-refractivity contribution in [2.75, 3.05) is 13.2 Å². The summed E-state index contributed by atoms with van der Waals surface area (Å²) in [5, 5.41) is 55.1. The fraction of sp³-hybridized carbons (Fsp3) is 0.844. The Hall–Kier alpha value is -1.72. The van der Waals surface area contributed by atoms with E-state index < -0.39 is 78.5 Å². The van der Waals surface area contributed by atoms with E-state index in [1.165, 1.54) is 102 Å². The van der Waals surface area contributed by atoms with Gasteiger partial charge in [0.05, 0.1) is 25.4 Å². The zero-order valence-electron chi connectivity index (χ0n) is 36.4. The fourth-order valence-corrected chi connectivity index (χ4v) is 7.57. The Morgan fingerprint density at radius 1 is 0.678 bits per heavy atom. The number of aliphatic hydroxyl groups excluding tert-OH is 5. The predicted octanol–water partition coefficient (Wildman–Crippen LogP) is 7.69. The first-order valence-corrected chi connectivity index (χ1v) is 24.3. The lowest BCUT2D eigenvalue weighted by Gasteiger charge is -2.41. The van der Waals surface area contributed by atoms with E-state index in [0.717, 1.165) is 51.4 Å². The van der Waals surface area contributed by atoms with Gasteiger partial charge in [-0.2, -0.15) is 8.42 Å². The first-order chi connectivity index (χ1) is 28.4. The Labute approximate surface area is 357 Å². The number of hydrogen-bond acceptors (Lipinski definition) is 11. The molecular formula is C45H83NO12S. The summed E-state index contributed by atoms with van der Waals surface area (Å²) >= 11 is 0. The number of allylic oxidation sites excluding steroid dienone is 5. The molecular weight excluding hydrogens is 779 g/mol. The van der Waals surface area contributed by atoms with Gasteiger partial charge in [0.15, 0.2) is 6.29 Å². The van der Waals surface area contributed by atoms with Crippen LogP contribution in [0.4, 0.5) is 0 Å². The van der Waals surface area contributed by atoms with Crippen molar-refractivity contribution in [2.24, 2.45) is 0 Å². The number of carbonyl (C=O) groups is 1. The van der Waals surface area contributed by atoms with Crippen LogP contribution in [-0.2, 0) is 28.9 Å². The monoisotopic (exact) mass is 862 g/mol. The van der Waals surface area contributed by atoms with E-state index in [1.807, 2.05) is 0 Å². The molecule has 59 heavy (non-hydrogen) atoms. The summed E-state index contributed by atoms with van der Waals surface area (Å²) < 4.78 is 47.4. The molecule has 1 saturated heterocycles. The van der Waals surface area contributed by atoms with E-state index in [1.54, 1.807) is 6.08 Å². The van der Waals surface area contributed by atoms with Crippen molar-refractivity contribution in [3.63, 3.8) is 0 Å². The molecule has 0 saturated carbocycles. The van der Waals surface area contributed by atoms with Crippen molar-refractivity contribution < 1.29 is 57.0 Å². The number of amides is 1. The molecule has 0 bridgehead atoms. The van der Waals surface area contributed by atoms with Crippen molar-refractivity contribution in [2.45, 2.75) is 230 Å². The molecule has 8 unspecified atom stereocenters. The fourth-order valence-electron chi connectivity index (χ4n) is 7.06. The maximum Gasteiger partial charge on any atom is 0.397 e. The largest absolute Gasteiger partial charge is 0.397 e. The van der Waals surface area contributed by atoms with E-state index in [9.17, 15) is 38.7 Å². The third kappa shape index (κ3) is 28.5. The Morgan fingerprint density at radius 2 is 1.14 bits per heavy atom. The average molecular weight is 862 g/mol. The van der Waals surface area contributed by atoms with Gasteiger partial charge in [-0.25, -0.2) is 4.18 Å². The van der Waals surface area contributed by atoms with Crippen LogP contribution in [0.2, 0.25) is 0 Å². The number of carbonyl (C=O) groups excluding carboxylic acids is 1. The molecule has 13 nitrogen and oxygen atoms in total. The van der Waals surface area contributed by atoms with E-state index in [2.05, 4.69) is 47.7 Å². The minimum Gasteiger partial charge on any atom is -0.394 e. The van der Waals surface area contributed by atoms with Crippen LogP contribution in [-0.4, -0.2) is 107 Å². The van der Waals surface area contributed by atoms with Gasteiger partial charge < -0.3 is 40.3 Å². The lowest BCUT2D eigenvalue weighted by atomic mass is 9.99. The van der Waals surface area contributed by atoms with Gasteiger partial charge in [0.1, 0.15) is 30.5 Å². The first kappa shape index (κ1) is 55.3. The summed E-state index contributed by atoms with van der Waals surface area (Å²) in [5.41, 5.74) is 0. The third-order valence-electron chi connectivity index (χ3n) is 10.8. The van der Waals surface area contributed by atoms with Crippen LogP contribution in [0.15, 0.2) is 36.5 Å². The van der Waals surface area contributed by atoms with Gasteiger partial charge >= 0.3 is 10.4 Å². The molecule has 8 atom stereocenters. The molecule has 0 radical (unpaired) electrons. The minimum absolute atomic E-state index is 0.221. The molecule has 1 aliphatic heterocycles. The Bertz CT molecular complexity index is 1220. The van der Waals surface area contributed by atoms with Gasteiger partial charge in [-0.05, 0) is 57.8 Å². The second kappa shape index (κ2) is 35.8. The summed E-state index contributed by atoms with van der Waals surface area (Å²) in [6.45, 7) is 3.15. The van der Waals surface area contributed by atoms with Crippen LogP contribution in [0, 0.1) is 0 Å². The number of hydrogen-bond donors (Lipinski definition) is 7. The molecule has 1 amide bonds. The Balaban J connectivity index is 2.62. The summed E-state index contributed by atoms with van der Waals surface area (Å²) in [5.74, 6) is -0.724. The van der Waals surface area contributed by atoms with Crippen molar-refractivity contribution in [3.8, 4) is 0 Å². The summed E-state index contributed by atoms with van der Waals surface area (Å²) in [6, 6.07) is -1.14. The number of ether oxygens (including phenoxy) is 2. The normalized spacial score (nSPS) is 21.8. The van der Waals surface area contributed by atoms with Crippen molar-refractivity contribution in [3.05, 3.63) is 36.5 Å². The number of unbranched alkanes of at least 4 members (excludes halogenated alkanes) is 21. The molecule has 1 fully saturated rings. The predicted molar refractivity (Wildman–Crippen MR) is 233 cm³/mol. The number of rotatable bonds is 38. The van der Waals surface area contributed by atoms with Crippen molar-refractivity contribution in [1.82, 2.24) is 5.32 Å². The van der Waals surface area contributed by atoms with E-state index in [0.29, 0.717) is 12.8 Å². The first-order valence-electron chi connectivity index (χ1n) is 23.0. The molecule has 0 spiro atoms. The number of aliphatic hydroxyl groups is 5. The van der Waals surface area contributed by atoms with Gasteiger partial charge in [0, 0.05) is 0 Å². The van der Waals surface area contributed by atoms with Gasteiger partial charge in [-0.1, -0.05) is 159 Å². The van der Waals surface area contributed by atoms with Crippen LogP contribution in [0.1, 0.15) is 181 Å². The molecule has 1 rings (SSSR count). The quantitative estimate of drug-likeness (QED) is 0.0181. The highest BCUT2D eigenvalue weighted by molar-refractivity contribution is 7.80. The standard InChI is InChI=1S/C45H83NO12S/c1-3-5-7-9-11-13-15-16-17-18-19-20-21-22-24-25-27-29-31-33-38(48)37(36-56-45-42(51)43(58-59(53,54)55)41(50)40(35-47)57-45)46-44(52)39(49)34-32-30-28-26-23-14-12-10-8-6-4-2/h12,14,24-25,31,33,37-43,45,47-51H,3-11,13,15-23,26-30,32,34-36H2,1-2H3,(H,46,52)(H,53,54,55)/b14-12-,25-24+,33-31+. The van der Waals surface area contributed by atoms with Crippen LogP contribution in [0.5, 0.6) is 0 Å². The van der Waals surface area contributed by atoms with Gasteiger partial charge in [-0.15, -0.1) is 0 Å². The average Bonchev–Trinajstić information content (AvgIpc) is 3.20. The highest BCUT2D eigenvalue weighted by Crippen LogP contribution is 2.26. The molecule has 14 heteroatoms. The van der Waals surface area contributed by atoms with Gasteiger partial charge in [0.2, 0.25) is 5.91 Å². The zero-order chi connectivity index (χ0) is 43.6. The summed E-state index contributed by atoms with van der Waals surface area (Å²) in [6.07, 6.45) is 29.5. The molecule has 7 N–H and O–H groups in total. The second-order valence-corrected chi connectivity index (χ2v) is 17.2. The van der Waals surface area contributed by atoms with Crippen LogP contribution < -0.4 is 5.32 Å². The molecule has 1 heterocycles. The van der Waals surface area contributed by atoms with E-state index in [-0.39, 0.29) is 6.42 Å². The van der Waals surface area contributed by atoms with Crippen LogP contribution in [0.25, 0.3) is 0 Å². The molecule has 0 aromatic carbocycles. The van der Waals surface area contributed by atoms with Crippen LogP contribution >= 0.6 is 0 Å². The van der Waals surface area contributed by atoms with Crippen molar-refractivity contribution >= 4 is 16.3 Å². The highest BCUT2D eigenvalue weighted by Gasteiger charge is 2.48. The SMILES string of the molecule is CCCCC/C=C\CCCCCCC(O)C(=O)NC(COC1OC(CO)C(O)C(OS(=O)(=O)O)C1O)C(O)/C=C/CC/C=C/CCCCCCCCCCCCCCC. The van der Waals surface area contributed by atoms with Crippen LogP contribution in [0.3, 0.4) is 0 Å². The zero-order valence-corrected chi connectivity index (χ0v) is 37.2. The summed E-state index contributed by atoms with van der Waals surface area (Å²) in [4.78, 5) is 13.1. The van der Waals surface area contributed by atoms with Gasteiger partial charge in [-0.3, -0.25) is 9.35 Å². The smallest absolute Gasteiger partial charge is 0.394 e. The third-order valence-corrected chi connectivity index (χ3v) is 11.2. The number of nitrogens with one attached hydrogen (secondary N) is 1. The Morgan fingerprint density at radius 3 is 1.66 bits per heavy atom. The highest BCUT2D eigenvalue weighted by atomic mass is 32.3.